The third-order valence-corrected chi connectivity index (χ3v) is 8.77. The molecule has 2 rings (SSSR count). The Morgan fingerprint density at radius 2 is 1.92 bits per heavy atom. The van der Waals surface area contributed by atoms with Crippen molar-refractivity contribution in [3.63, 3.8) is 0 Å². The largest absolute Gasteiger partial charge is 0.378 e. The number of rotatable bonds is 3. The van der Waals surface area contributed by atoms with Gasteiger partial charge in [0.2, 0.25) is 0 Å². The molecule has 1 saturated heterocycles. The lowest BCUT2D eigenvalue weighted by atomic mass is 9.56. The van der Waals surface area contributed by atoms with Crippen LogP contribution in [0.25, 0.3) is 0 Å². The molecule has 0 aromatic heterocycles. The van der Waals surface area contributed by atoms with Gasteiger partial charge in [0.05, 0.1) is 16.1 Å². The maximum Gasteiger partial charge on any atom is 0.194 e. The summed E-state index contributed by atoms with van der Waals surface area (Å²) in [6.07, 6.45) is 0.911. The van der Waals surface area contributed by atoms with E-state index in [1.165, 1.54) is 0 Å². The number of methoxy groups -OCH3 is 1. The Bertz CT molecular complexity index is 613. The SMILES string of the molecule is CCN=C(NC1CC(C)(OC)C1(C)C)N1CCS(=O)(=O)C(C)(C)C1. The Morgan fingerprint density at radius 1 is 1.29 bits per heavy atom. The minimum atomic E-state index is -3.05. The first-order valence-electron chi connectivity index (χ1n) is 8.73. The van der Waals surface area contributed by atoms with E-state index in [1.54, 1.807) is 21.0 Å². The predicted molar refractivity (Wildman–Crippen MR) is 98.2 cm³/mol. The van der Waals surface area contributed by atoms with Gasteiger partial charge in [-0.25, -0.2) is 8.42 Å². The highest BCUT2D eigenvalue weighted by Crippen LogP contribution is 2.51. The number of nitrogens with zero attached hydrogens (tertiary/aromatic N) is 2. The number of hydrogen-bond donors (Lipinski definition) is 1. The van der Waals surface area contributed by atoms with Crippen LogP contribution in [0.3, 0.4) is 0 Å². The van der Waals surface area contributed by atoms with E-state index in [1.807, 2.05) is 6.92 Å². The fourth-order valence-electron chi connectivity index (χ4n) is 3.59. The Kier molecular flexibility index (Phi) is 5.01. The third-order valence-electron chi connectivity index (χ3n) is 6.23. The van der Waals surface area contributed by atoms with Crippen molar-refractivity contribution in [3.05, 3.63) is 0 Å². The Balaban J connectivity index is 2.14. The van der Waals surface area contributed by atoms with E-state index in [-0.39, 0.29) is 22.8 Å². The van der Waals surface area contributed by atoms with Crippen LogP contribution in [0.2, 0.25) is 0 Å². The molecular weight excluding hydrogens is 326 g/mol. The van der Waals surface area contributed by atoms with Crippen LogP contribution in [0.1, 0.15) is 48.0 Å². The zero-order valence-corrected chi connectivity index (χ0v) is 17.0. The molecule has 140 valence electrons. The Labute approximate surface area is 147 Å². The molecule has 2 aliphatic rings. The lowest BCUT2D eigenvalue weighted by Gasteiger charge is -2.59. The van der Waals surface area contributed by atoms with Gasteiger partial charge in [0.15, 0.2) is 15.8 Å². The maximum atomic E-state index is 12.2. The second-order valence-corrected chi connectivity index (χ2v) is 11.1. The first-order valence-corrected chi connectivity index (χ1v) is 10.4. The molecule has 0 aromatic carbocycles. The van der Waals surface area contributed by atoms with Crippen molar-refractivity contribution in [2.24, 2.45) is 10.4 Å². The average Bonchev–Trinajstić information content (AvgIpc) is 2.48. The first-order chi connectivity index (χ1) is 10.9. The molecule has 2 atom stereocenters. The summed E-state index contributed by atoms with van der Waals surface area (Å²) in [7, 11) is -1.29. The molecule has 2 unspecified atom stereocenters. The quantitative estimate of drug-likeness (QED) is 0.613. The number of nitrogens with one attached hydrogen (secondary N) is 1. The summed E-state index contributed by atoms with van der Waals surface area (Å²) in [4.78, 5) is 6.70. The summed E-state index contributed by atoms with van der Waals surface area (Å²) in [5, 5.41) is 3.57. The third kappa shape index (κ3) is 3.05. The number of ether oxygens (including phenoxy) is 1. The Hall–Kier alpha value is -0.820. The van der Waals surface area contributed by atoms with Crippen LogP contribution in [0, 0.1) is 5.41 Å². The van der Waals surface area contributed by atoms with Crippen molar-refractivity contribution >= 4 is 15.8 Å². The molecule has 7 heteroatoms. The molecule has 0 amide bonds. The summed E-state index contributed by atoms with van der Waals surface area (Å²) in [5.74, 6) is 0.991. The van der Waals surface area contributed by atoms with Crippen LogP contribution >= 0.6 is 0 Å². The zero-order chi connectivity index (χ0) is 18.4. The van der Waals surface area contributed by atoms with Gasteiger partial charge in [0, 0.05) is 38.2 Å². The molecule has 2 fully saturated rings. The van der Waals surface area contributed by atoms with Crippen molar-refractivity contribution in [2.45, 2.75) is 64.4 Å². The van der Waals surface area contributed by atoms with E-state index >= 15 is 0 Å². The van der Waals surface area contributed by atoms with Crippen LogP contribution in [0.15, 0.2) is 4.99 Å². The van der Waals surface area contributed by atoms with E-state index in [9.17, 15) is 8.42 Å². The number of hydrogen-bond acceptors (Lipinski definition) is 4. The van der Waals surface area contributed by atoms with Gasteiger partial charge >= 0.3 is 0 Å². The van der Waals surface area contributed by atoms with Crippen molar-refractivity contribution < 1.29 is 13.2 Å². The summed E-state index contributed by atoms with van der Waals surface area (Å²) in [5.41, 5.74) is -0.167. The molecule has 0 radical (unpaired) electrons. The maximum absolute atomic E-state index is 12.2. The van der Waals surface area contributed by atoms with Gasteiger partial charge in [0.25, 0.3) is 0 Å². The van der Waals surface area contributed by atoms with Crippen LogP contribution in [-0.4, -0.2) is 68.2 Å². The number of aliphatic imine (C=N–C) groups is 1. The summed E-state index contributed by atoms with van der Waals surface area (Å²) in [6, 6.07) is 0.259. The summed E-state index contributed by atoms with van der Waals surface area (Å²) in [6.45, 7) is 13.8. The van der Waals surface area contributed by atoms with Gasteiger partial charge in [-0.05, 0) is 34.1 Å². The minimum Gasteiger partial charge on any atom is -0.378 e. The monoisotopic (exact) mass is 359 g/mol. The van der Waals surface area contributed by atoms with Crippen LogP contribution < -0.4 is 5.32 Å². The highest BCUT2D eigenvalue weighted by atomic mass is 32.2. The van der Waals surface area contributed by atoms with Crippen molar-refractivity contribution in [2.75, 3.05) is 32.5 Å². The molecular formula is C17H33N3O3S. The zero-order valence-electron chi connectivity index (χ0n) is 16.1. The summed E-state index contributed by atoms with van der Waals surface area (Å²) < 4.78 is 29.4. The van der Waals surface area contributed by atoms with E-state index < -0.39 is 14.6 Å². The van der Waals surface area contributed by atoms with Crippen LogP contribution in [0.4, 0.5) is 0 Å². The van der Waals surface area contributed by atoms with Gasteiger partial charge in [-0.3, -0.25) is 4.99 Å². The molecule has 6 nitrogen and oxygen atoms in total. The van der Waals surface area contributed by atoms with Gasteiger partial charge in [-0.1, -0.05) is 13.8 Å². The van der Waals surface area contributed by atoms with Gasteiger partial charge in [-0.15, -0.1) is 0 Å². The second-order valence-electron chi connectivity index (χ2n) is 8.36. The second kappa shape index (κ2) is 6.16. The molecule has 0 bridgehead atoms. The minimum absolute atomic E-state index is 0.0202. The molecule has 24 heavy (non-hydrogen) atoms. The van der Waals surface area contributed by atoms with E-state index in [0.717, 1.165) is 12.4 Å². The Morgan fingerprint density at radius 3 is 2.38 bits per heavy atom. The lowest BCUT2D eigenvalue weighted by molar-refractivity contribution is -0.177. The van der Waals surface area contributed by atoms with Gasteiger partial charge in [0.1, 0.15) is 0 Å². The molecule has 1 N–H and O–H groups in total. The van der Waals surface area contributed by atoms with Gasteiger partial charge in [-0.2, -0.15) is 0 Å². The molecule has 0 spiro atoms. The smallest absolute Gasteiger partial charge is 0.194 e. The molecule has 1 aliphatic carbocycles. The number of sulfone groups is 1. The van der Waals surface area contributed by atoms with Crippen molar-refractivity contribution in [1.82, 2.24) is 10.2 Å². The van der Waals surface area contributed by atoms with Gasteiger partial charge < -0.3 is 15.0 Å². The highest BCUT2D eigenvalue weighted by molar-refractivity contribution is 7.92. The first kappa shape index (κ1) is 19.5. The standard InChI is InChI=1S/C17H33N3O3S/c1-8-18-14(19-13-11-17(6,23-7)16(13,4)5)20-9-10-24(21,22)15(2,3)12-20/h13H,8-12H2,1-7H3,(H,18,19). The lowest BCUT2D eigenvalue weighted by Crippen LogP contribution is -2.70. The molecule has 1 heterocycles. The summed E-state index contributed by atoms with van der Waals surface area (Å²) >= 11 is 0. The van der Waals surface area contributed by atoms with Crippen LogP contribution in [0.5, 0.6) is 0 Å². The average molecular weight is 360 g/mol. The molecule has 1 aliphatic heterocycles. The fourth-order valence-corrected chi connectivity index (χ4v) is 4.96. The topological polar surface area (TPSA) is 71.0 Å². The molecule has 0 aromatic rings. The van der Waals surface area contributed by atoms with E-state index in [0.29, 0.717) is 19.6 Å². The molecule has 1 saturated carbocycles. The van der Waals surface area contributed by atoms with E-state index in [2.05, 4.69) is 36.0 Å². The van der Waals surface area contributed by atoms with E-state index in [4.69, 9.17) is 4.74 Å². The fraction of sp³-hybridized carbons (Fsp3) is 0.941. The van der Waals surface area contributed by atoms with Crippen molar-refractivity contribution in [3.8, 4) is 0 Å². The predicted octanol–water partition coefficient (Wildman–Crippen LogP) is 1.66. The van der Waals surface area contributed by atoms with Crippen LogP contribution in [-0.2, 0) is 14.6 Å². The van der Waals surface area contributed by atoms with Crippen molar-refractivity contribution in [1.29, 1.82) is 0 Å². The normalized spacial score (nSPS) is 34.5. The number of guanidine groups is 1. The highest BCUT2D eigenvalue weighted by Gasteiger charge is 2.58.